The molecule has 15 heavy (non-hydrogen) atoms. The van der Waals surface area contributed by atoms with E-state index in [2.05, 4.69) is 37.6 Å². The average molecular weight is 231 g/mol. The van der Waals surface area contributed by atoms with Gasteiger partial charge in [-0.15, -0.1) is 0 Å². The molecule has 3 heteroatoms. The van der Waals surface area contributed by atoms with Gasteiger partial charge in [0.05, 0.1) is 0 Å². The number of nitrogens with zero attached hydrogens (tertiary/aromatic N) is 1. The zero-order chi connectivity index (χ0) is 11.5. The largest absolute Gasteiger partial charge is 0.308 e. The van der Waals surface area contributed by atoms with Crippen LogP contribution in [0.2, 0.25) is 0 Å². The Labute approximate surface area is 98.7 Å². The molecule has 0 aliphatic carbocycles. The lowest BCUT2D eigenvalue weighted by Gasteiger charge is -2.46. The minimum absolute atomic E-state index is 0.277. The van der Waals surface area contributed by atoms with E-state index in [0.29, 0.717) is 6.04 Å². The predicted octanol–water partition coefficient (Wildman–Crippen LogP) is 2.59. The maximum atomic E-state index is 5.90. The topological polar surface area (TPSA) is 15.3 Å². The summed E-state index contributed by atoms with van der Waals surface area (Å²) in [5.41, 5.74) is 0.277. The third kappa shape index (κ3) is 3.20. The lowest BCUT2D eigenvalue weighted by Crippen LogP contribution is -2.63. The molecular formula is C12H23ClN2. The molecule has 1 unspecified atom stereocenters. The van der Waals surface area contributed by atoms with E-state index in [1.807, 2.05) is 0 Å². The Balaban J connectivity index is 2.66. The number of nitrogens with one attached hydrogen (secondary N) is 1. The molecule has 0 aromatic heterocycles. The molecule has 0 bridgehead atoms. The highest BCUT2D eigenvalue weighted by atomic mass is 35.5. The van der Waals surface area contributed by atoms with E-state index >= 15 is 0 Å². The van der Waals surface area contributed by atoms with Gasteiger partial charge >= 0.3 is 0 Å². The summed E-state index contributed by atoms with van der Waals surface area (Å²) in [6.07, 6.45) is 2.34. The summed E-state index contributed by atoms with van der Waals surface area (Å²) in [4.78, 5) is 2.43. The Kier molecular flexibility index (Phi) is 4.63. The van der Waals surface area contributed by atoms with Crippen LogP contribution in [0.1, 0.15) is 33.6 Å². The van der Waals surface area contributed by atoms with Crippen molar-refractivity contribution in [1.82, 2.24) is 10.2 Å². The summed E-state index contributed by atoms with van der Waals surface area (Å²) >= 11 is 5.90. The molecule has 0 aromatic rings. The molecule has 1 saturated heterocycles. The van der Waals surface area contributed by atoms with Gasteiger partial charge < -0.3 is 5.32 Å². The van der Waals surface area contributed by atoms with E-state index in [1.165, 1.54) is 12.8 Å². The molecule has 0 spiro atoms. The summed E-state index contributed by atoms with van der Waals surface area (Å²) in [6.45, 7) is 13.5. The molecule has 1 aliphatic heterocycles. The summed E-state index contributed by atoms with van der Waals surface area (Å²) in [5.74, 6) is 0. The number of halogens is 1. The lowest BCUT2D eigenvalue weighted by atomic mass is 9.89. The van der Waals surface area contributed by atoms with Gasteiger partial charge in [-0.3, -0.25) is 4.90 Å². The SMILES string of the molecule is C=C(Cl)CN1CC(CC)(CC)NCC1C. The van der Waals surface area contributed by atoms with Crippen LogP contribution in [-0.2, 0) is 0 Å². The quantitative estimate of drug-likeness (QED) is 0.799. The van der Waals surface area contributed by atoms with Gasteiger partial charge in [-0.25, -0.2) is 0 Å². The predicted molar refractivity (Wildman–Crippen MR) is 67.3 cm³/mol. The Morgan fingerprint density at radius 2 is 2.13 bits per heavy atom. The summed E-state index contributed by atoms with van der Waals surface area (Å²) in [7, 11) is 0. The van der Waals surface area contributed by atoms with Gasteiger partial charge in [0.15, 0.2) is 0 Å². The Morgan fingerprint density at radius 1 is 1.53 bits per heavy atom. The van der Waals surface area contributed by atoms with Crippen LogP contribution < -0.4 is 5.32 Å². The van der Waals surface area contributed by atoms with Crippen molar-refractivity contribution in [3.8, 4) is 0 Å². The average Bonchev–Trinajstić information content (AvgIpc) is 2.21. The molecule has 0 aromatic carbocycles. The Hall–Kier alpha value is -0.0500. The van der Waals surface area contributed by atoms with Crippen molar-refractivity contribution in [3.63, 3.8) is 0 Å². The van der Waals surface area contributed by atoms with Crippen LogP contribution in [0.4, 0.5) is 0 Å². The van der Waals surface area contributed by atoms with E-state index in [4.69, 9.17) is 11.6 Å². The first-order chi connectivity index (χ1) is 7.03. The molecule has 1 fully saturated rings. The molecule has 0 amide bonds. The van der Waals surface area contributed by atoms with Gasteiger partial charge in [0.2, 0.25) is 0 Å². The summed E-state index contributed by atoms with van der Waals surface area (Å²) in [5, 5.41) is 4.41. The molecule has 1 heterocycles. The van der Waals surface area contributed by atoms with Crippen LogP contribution in [0.25, 0.3) is 0 Å². The van der Waals surface area contributed by atoms with Crippen molar-refractivity contribution in [2.45, 2.75) is 45.2 Å². The summed E-state index contributed by atoms with van der Waals surface area (Å²) < 4.78 is 0. The molecule has 1 atom stereocenters. The Morgan fingerprint density at radius 3 is 2.60 bits per heavy atom. The standard InChI is InChI=1S/C12H23ClN2/c1-5-12(6-2)9-15(8-10(3)13)11(4)7-14-12/h11,14H,3,5-9H2,1-2,4H3. The number of hydrogen-bond acceptors (Lipinski definition) is 2. The van der Waals surface area contributed by atoms with Gasteiger partial charge in [-0.1, -0.05) is 32.0 Å². The monoisotopic (exact) mass is 230 g/mol. The molecule has 2 nitrogen and oxygen atoms in total. The smallest absolute Gasteiger partial charge is 0.0339 e. The maximum absolute atomic E-state index is 5.90. The highest BCUT2D eigenvalue weighted by molar-refractivity contribution is 6.29. The molecule has 0 radical (unpaired) electrons. The molecule has 0 saturated carbocycles. The van der Waals surface area contributed by atoms with Gasteiger partial charge in [0.25, 0.3) is 0 Å². The molecule has 1 aliphatic rings. The van der Waals surface area contributed by atoms with Gasteiger partial charge in [0, 0.05) is 36.2 Å². The zero-order valence-electron chi connectivity index (χ0n) is 10.1. The summed E-state index contributed by atoms with van der Waals surface area (Å²) in [6, 6.07) is 0.548. The van der Waals surface area contributed by atoms with Crippen molar-refractivity contribution in [1.29, 1.82) is 0 Å². The van der Waals surface area contributed by atoms with Crippen molar-refractivity contribution in [3.05, 3.63) is 11.6 Å². The molecular weight excluding hydrogens is 208 g/mol. The van der Waals surface area contributed by atoms with Gasteiger partial charge in [-0.05, 0) is 19.8 Å². The van der Waals surface area contributed by atoms with E-state index in [-0.39, 0.29) is 5.54 Å². The fourth-order valence-electron chi connectivity index (χ4n) is 2.25. The van der Waals surface area contributed by atoms with Crippen LogP contribution >= 0.6 is 11.6 Å². The molecule has 1 rings (SSSR count). The lowest BCUT2D eigenvalue weighted by molar-refractivity contribution is 0.0906. The minimum atomic E-state index is 0.277. The van der Waals surface area contributed by atoms with Gasteiger partial charge in [-0.2, -0.15) is 0 Å². The first kappa shape index (κ1) is 13.0. The first-order valence-corrected chi connectivity index (χ1v) is 6.23. The van der Waals surface area contributed by atoms with E-state index in [1.54, 1.807) is 0 Å². The third-order valence-corrected chi connectivity index (χ3v) is 3.75. The second kappa shape index (κ2) is 5.33. The van der Waals surface area contributed by atoms with E-state index in [9.17, 15) is 0 Å². The number of hydrogen-bond donors (Lipinski definition) is 1. The van der Waals surface area contributed by atoms with Crippen LogP contribution in [0, 0.1) is 0 Å². The maximum Gasteiger partial charge on any atom is 0.0339 e. The van der Waals surface area contributed by atoms with Crippen molar-refractivity contribution >= 4 is 11.6 Å². The number of piperazine rings is 1. The van der Waals surface area contributed by atoms with Crippen LogP contribution in [0.5, 0.6) is 0 Å². The number of rotatable bonds is 4. The van der Waals surface area contributed by atoms with Crippen molar-refractivity contribution in [2.24, 2.45) is 0 Å². The van der Waals surface area contributed by atoms with E-state index in [0.717, 1.165) is 24.7 Å². The normalized spacial score (nSPS) is 26.5. The second-order valence-electron chi connectivity index (χ2n) is 4.64. The van der Waals surface area contributed by atoms with Crippen LogP contribution in [0.15, 0.2) is 11.6 Å². The van der Waals surface area contributed by atoms with Crippen molar-refractivity contribution < 1.29 is 0 Å². The highest BCUT2D eigenvalue weighted by Crippen LogP contribution is 2.23. The van der Waals surface area contributed by atoms with E-state index < -0.39 is 0 Å². The fourth-order valence-corrected chi connectivity index (χ4v) is 2.40. The second-order valence-corrected chi connectivity index (χ2v) is 5.17. The first-order valence-electron chi connectivity index (χ1n) is 5.85. The Bertz CT molecular complexity index is 224. The highest BCUT2D eigenvalue weighted by Gasteiger charge is 2.34. The van der Waals surface area contributed by atoms with Crippen molar-refractivity contribution in [2.75, 3.05) is 19.6 Å². The fraction of sp³-hybridized carbons (Fsp3) is 0.833. The molecule has 88 valence electrons. The molecule has 1 N–H and O–H groups in total. The third-order valence-electron chi connectivity index (χ3n) is 3.63. The zero-order valence-corrected chi connectivity index (χ0v) is 10.9. The minimum Gasteiger partial charge on any atom is -0.308 e. The van der Waals surface area contributed by atoms with Gasteiger partial charge in [0.1, 0.15) is 0 Å². The van der Waals surface area contributed by atoms with Crippen LogP contribution in [-0.4, -0.2) is 36.1 Å². The van der Waals surface area contributed by atoms with Crippen LogP contribution in [0.3, 0.4) is 0 Å².